The summed E-state index contributed by atoms with van der Waals surface area (Å²) >= 11 is 0. The minimum absolute atomic E-state index is 0.117. The highest BCUT2D eigenvalue weighted by molar-refractivity contribution is 5.96. The highest BCUT2D eigenvalue weighted by atomic mass is 16.5. The van der Waals surface area contributed by atoms with Gasteiger partial charge in [-0.2, -0.15) is 0 Å². The van der Waals surface area contributed by atoms with Crippen LogP contribution in [0.4, 0.5) is 11.4 Å². The molecule has 2 fully saturated rings. The number of hydrogen-bond acceptors (Lipinski definition) is 4. The molecule has 2 heterocycles. The van der Waals surface area contributed by atoms with Gasteiger partial charge in [-0.3, -0.25) is 9.59 Å². The lowest BCUT2D eigenvalue weighted by atomic mass is 10.2. The van der Waals surface area contributed by atoms with Crippen LogP contribution in [0.25, 0.3) is 0 Å². The minimum atomic E-state index is -0.348. The predicted octanol–water partition coefficient (Wildman–Crippen LogP) is 1.92. The number of anilines is 2. The van der Waals surface area contributed by atoms with Crippen LogP contribution in [0.1, 0.15) is 25.7 Å². The molecule has 2 amide bonds. The first-order valence-corrected chi connectivity index (χ1v) is 7.67. The van der Waals surface area contributed by atoms with E-state index in [0.717, 1.165) is 25.7 Å². The van der Waals surface area contributed by atoms with Gasteiger partial charge in [0.1, 0.15) is 12.2 Å². The molecule has 2 unspecified atom stereocenters. The number of hydrogen-bond donors (Lipinski definition) is 2. The fraction of sp³-hybridized carbons (Fsp3) is 0.500. The van der Waals surface area contributed by atoms with E-state index in [4.69, 9.17) is 9.47 Å². The van der Waals surface area contributed by atoms with Crippen LogP contribution in [-0.2, 0) is 19.1 Å². The maximum atomic E-state index is 11.9. The molecule has 2 aliphatic heterocycles. The van der Waals surface area contributed by atoms with Crippen LogP contribution in [-0.4, -0.2) is 37.2 Å². The highest BCUT2D eigenvalue weighted by Gasteiger charge is 2.24. The Hall–Kier alpha value is -1.92. The van der Waals surface area contributed by atoms with Crippen LogP contribution < -0.4 is 10.6 Å². The molecule has 118 valence electrons. The second-order valence-electron chi connectivity index (χ2n) is 5.56. The second kappa shape index (κ2) is 6.89. The van der Waals surface area contributed by atoms with E-state index in [-0.39, 0.29) is 24.0 Å². The first-order valence-electron chi connectivity index (χ1n) is 7.67. The smallest absolute Gasteiger partial charge is 0.253 e. The van der Waals surface area contributed by atoms with Gasteiger partial charge >= 0.3 is 0 Å². The van der Waals surface area contributed by atoms with Gasteiger partial charge in [-0.25, -0.2) is 0 Å². The third kappa shape index (κ3) is 3.64. The lowest BCUT2D eigenvalue weighted by molar-refractivity contribution is -0.125. The van der Waals surface area contributed by atoms with Gasteiger partial charge in [0.25, 0.3) is 11.8 Å². The van der Waals surface area contributed by atoms with Gasteiger partial charge in [0, 0.05) is 24.6 Å². The first kappa shape index (κ1) is 15.0. The van der Waals surface area contributed by atoms with Crippen molar-refractivity contribution in [2.45, 2.75) is 37.9 Å². The number of benzene rings is 1. The van der Waals surface area contributed by atoms with Gasteiger partial charge in [-0.15, -0.1) is 0 Å². The molecule has 6 nitrogen and oxygen atoms in total. The van der Waals surface area contributed by atoms with Gasteiger partial charge in [-0.05, 0) is 49.9 Å². The Kier molecular flexibility index (Phi) is 4.70. The number of carbonyl (C=O) groups is 2. The quantitative estimate of drug-likeness (QED) is 0.891. The Bertz CT molecular complexity index is 483. The van der Waals surface area contributed by atoms with Gasteiger partial charge in [-0.1, -0.05) is 0 Å². The van der Waals surface area contributed by atoms with Crippen LogP contribution in [0, 0.1) is 0 Å². The summed E-state index contributed by atoms with van der Waals surface area (Å²) in [6.07, 6.45) is 2.68. The molecule has 2 saturated heterocycles. The van der Waals surface area contributed by atoms with Crippen LogP contribution in [0.2, 0.25) is 0 Å². The Morgan fingerprint density at radius 2 is 1.23 bits per heavy atom. The van der Waals surface area contributed by atoms with E-state index >= 15 is 0 Å². The van der Waals surface area contributed by atoms with Crippen LogP contribution in [0.3, 0.4) is 0 Å². The largest absolute Gasteiger partial charge is 0.368 e. The van der Waals surface area contributed by atoms with Crippen molar-refractivity contribution in [2.75, 3.05) is 23.8 Å². The molecule has 0 bridgehead atoms. The zero-order valence-electron chi connectivity index (χ0n) is 12.3. The molecule has 1 aromatic carbocycles. The third-order valence-corrected chi connectivity index (χ3v) is 3.86. The van der Waals surface area contributed by atoms with Crippen molar-refractivity contribution in [3.63, 3.8) is 0 Å². The van der Waals surface area contributed by atoms with Gasteiger partial charge in [0.2, 0.25) is 0 Å². The van der Waals surface area contributed by atoms with E-state index in [1.807, 2.05) is 0 Å². The van der Waals surface area contributed by atoms with Crippen molar-refractivity contribution >= 4 is 23.2 Å². The molecule has 3 rings (SSSR count). The summed E-state index contributed by atoms with van der Waals surface area (Å²) in [5.41, 5.74) is 1.38. The summed E-state index contributed by atoms with van der Waals surface area (Å²) in [5, 5.41) is 5.64. The number of rotatable bonds is 4. The van der Waals surface area contributed by atoms with E-state index in [1.54, 1.807) is 24.3 Å². The second-order valence-corrected chi connectivity index (χ2v) is 5.56. The monoisotopic (exact) mass is 304 g/mol. The maximum absolute atomic E-state index is 11.9. The van der Waals surface area contributed by atoms with Crippen LogP contribution in [0.15, 0.2) is 24.3 Å². The number of ether oxygens (including phenoxy) is 2. The number of amides is 2. The van der Waals surface area contributed by atoms with Crippen molar-refractivity contribution in [1.29, 1.82) is 0 Å². The molecule has 0 saturated carbocycles. The summed E-state index contributed by atoms with van der Waals surface area (Å²) in [6.45, 7) is 1.29. The Morgan fingerprint density at radius 3 is 1.55 bits per heavy atom. The molecule has 0 aromatic heterocycles. The zero-order chi connectivity index (χ0) is 15.4. The Labute approximate surface area is 129 Å². The van der Waals surface area contributed by atoms with E-state index in [0.29, 0.717) is 24.6 Å². The lowest BCUT2D eigenvalue weighted by Crippen LogP contribution is -2.27. The van der Waals surface area contributed by atoms with Gasteiger partial charge in [0.15, 0.2) is 0 Å². The van der Waals surface area contributed by atoms with Gasteiger partial charge < -0.3 is 20.1 Å². The fourth-order valence-corrected chi connectivity index (χ4v) is 2.65. The van der Waals surface area contributed by atoms with Crippen molar-refractivity contribution in [3.05, 3.63) is 24.3 Å². The summed E-state index contributed by atoms with van der Waals surface area (Å²) < 4.78 is 10.7. The van der Waals surface area contributed by atoms with Gasteiger partial charge in [0.05, 0.1) is 0 Å². The molecule has 22 heavy (non-hydrogen) atoms. The molecule has 2 atom stereocenters. The predicted molar refractivity (Wildman–Crippen MR) is 81.6 cm³/mol. The summed E-state index contributed by atoms with van der Waals surface area (Å²) in [5.74, 6) is -0.234. The molecular weight excluding hydrogens is 284 g/mol. The van der Waals surface area contributed by atoms with Crippen LogP contribution in [0.5, 0.6) is 0 Å². The minimum Gasteiger partial charge on any atom is -0.368 e. The topological polar surface area (TPSA) is 76.7 Å². The average molecular weight is 304 g/mol. The molecule has 2 aliphatic rings. The van der Waals surface area contributed by atoms with Crippen molar-refractivity contribution in [1.82, 2.24) is 0 Å². The van der Waals surface area contributed by atoms with Crippen molar-refractivity contribution in [3.8, 4) is 0 Å². The van der Waals surface area contributed by atoms with Crippen LogP contribution >= 0.6 is 0 Å². The highest BCUT2D eigenvalue weighted by Crippen LogP contribution is 2.19. The molecule has 2 N–H and O–H groups in total. The molecule has 0 radical (unpaired) electrons. The Morgan fingerprint density at radius 1 is 0.818 bits per heavy atom. The standard InChI is InChI=1S/C16H20N2O4/c19-15(13-3-1-9-21-13)17-11-5-7-12(8-6-11)18-16(20)14-4-2-10-22-14/h5-8,13-14H,1-4,9-10H2,(H,17,19)(H,18,20). The average Bonchev–Trinajstić information content (AvgIpc) is 3.23. The Balaban J connectivity index is 1.53. The fourth-order valence-electron chi connectivity index (χ4n) is 2.65. The summed E-state index contributed by atoms with van der Waals surface area (Å²) in [6, 6.07) is 7.05. The summed E-state index contributed by atoms with van der Waals surface area (Å²) in [7, 11) is 0. The van der Waals surface area contributed by atoms with E-state index in [9.17, 15) is 9.59 Å². The first-order chi connectivity index (χ1) is 10.7. The maximum Gasteiger partial charge on any atom is 0.253 e. The zero-order valence-corrected chi connectivity index (χ0v) is 12.3. The molecule has 0 spiro atoms. The number of carbonyl (C=O) groups excluding carboxylic acids is 2. The van der Waals surface area contributed by atoms with E-state index in [2.05, 4.69) is 10.6 Å². The molecule has 0 aliphatic carbocycles. The number of nitrogens with one attached hydrogen (secondary N) is 2. The summed E-state index contributed by atoms with van der Waals surface area (Å²) in [4.78, 5) is 23.9. The molecule has 6 heteroatoms. The molecular formula is C16H20N2O4. The normalized spacial score (nSPS) is 24.2. The van der Waals surface area contributed by atoms with Crippen molar-refractivity contribution in [2.24, 2.45) is 0 Å². The lowest BCUT2D eigenvalue weighted by Gasteiger charge is -2.12. The van der Waals surface area contributed by atoms with Crippen molar-refractivity contribution < 1.29 is 19.1 Å². The SMILES string of the molecule is O=C(Nc1ccc(NC(=O)C2CCCO2)cc1)C1CCCO1. The van der Waals surface area contributed by atoms with E-state index < -0.39 is 0 Å². The molecule has 1 aromatic rings. The third-order valence-electron chi connectivity index (χ3n) is 3.86. The van der Waals surface area contributed by atoms with E-state index in [1.165, 1.54) is 0 Å².